The molecule has 4 rings (SSSR count). The topological polar surface area (TPSA) is 57.4 Å². The summed E-state index contributed by atoms with van der Waals surface area (Å²) in [6.45, 7) is 8.76. The number of nitrogens with one attached hydrogen (secondary N) is 2. The lowest BCUT2D eigenvalue weighted by Crippen LogP contribution is -2.43. The molecule has 1 aliphatic rings. The van der Waals surface area contributed by atoms with Gasteiger partial charge in [-0.1, -0.05) is 12.1 Å². The summed E-state index contributed by atoms with van der Waals surface area (Å²) in [5, 5.41) is 3.95. The molecule has 30 heavy (non-hydrogen) atoms. The van der Waals surface area contributed by atoms with E-state index >= 15 is 0 Å². The molecule has 0 bridgehead atoms. The van der Waals surface area contributed by atoms with Crippen molar-refractivity contribution in [1.29, 1.82) is 0 Å². The number of carbonyl (C=O) groups is 1. The van der Waals surface area contributed by atoms with Gasteiger partial charge in [0.1, 0.15) is 5.75 Å². The standard InChI is InChI=1S/C24H26IN3O2/c1-24(2,3)28-11-9-16(10-12-28)21-15-26-22-8-7-18(14-20(21)22)27-23(29)30-19-6-4-5-17(25)13-19/h4-9,13-15,26H,10-12H2,1-3H3,(H,27,29). The zero-order valence-corrected chi connectivity index (χ0v) is 19.6. The molecule has 156 valence electrons. The lowest BCUT2D eigenvalue weighted by molar-refractivity contribution is 0.153. The Labute approximate surface area is 190 Å². The summed E-state index contributed by atoms with van der Waals surface area (Å²) in [6.07, 6.45) is 4.91. The minimum Gasteiger partial charge on any atom is -0.410 e. The molecule has 5 nitrogen and oxygen atoms in total. The predicted molar refractivity (Wildman–Crippen MR) is 131 cm³/mol. The lowest BCUT2D eigenvalue weighted by atomic mass is 9.95. The first-order valence-electron chi connectivity index (χ1n) is 10.1. The van der Waals surface area contributed by atoms with Crippen LogP contribution < -0.4 is 10.1 Å². The molecule has 0 unspecified atom stereocenters. The van der Waals surface area contributed by atoms with Crippen molar-refractivity contribution in [2.45, 2.75) is 32.7 Å². The van der Waals surface area contributed by atoms with Gasteiger partial charge in [-0.05, 0) is 91.8 Å². The maximum Gasteiger partial charge on any atom is 0.417 e. The van der Waals surface area contributed by atoms with Crippen LogP contribution in [0.5, 0.6) is 5.75 Å². The van der Waals surface area contributed by atoms with Crippen LogP contribution in [-0.4, -0.2) is 34.6 Å². The Bertz CT molecular complexity index is 1110. The van der Waals surface area contributed by atoms with Gasteiger partial charge in [-0.25, -0.2) is 4.79 Å². The van der Waals surface area contributed by atoms with Gasteiger partial charge in [0.15, 0.2) is 0 Å². The highest BCUT2D eigenvalue weighted by atomic mass is 127. The second-order valence-electron chi connectivity index (χ2n) is 8.53. The van der Waals surface area contributed by atoms with Crippen LogP contribution in [0, 0.1) is 3.57 Å². The molecule has 6 heteroatoms. The molecule has 3 aromatic rings. The number of aromatic nitrogens is 1. The Morgan fingerprint density at radius 3 is 2.73 bits per heavy atom. The first-order valence-corrected chi connectivity index (χ1v) is 11.2. The Kier molecular flexibility index (Phi) is 5.88. The van der Waals surface area contributed by atoms with Crippen molar-refractivity contribution in [3.05, 3.63) is 63.9 Å². The fourth-order valence-corrected chi connectivity index (χ4v) is 4.28. The van der Waals surface area contributed by atoms with Gasteiger partial charge >= 0.3 is 6.09 Å². The van der Waals surface area contributed by atoms with Gasteiger partial charge in [0.25, 0.3) is 0 Å². The summed E-state index contributed by atoms with van der Waals surface area (Å²) in [5.74, 6) is 0.526. The molecule has 0 aliphatic carbocycles. The number of rotatable bonds is 3. The number of ether oxygens (including phenoxy) is 1. The molecule has 2 N–H and O–H groups in total. The lowest BCUT2D eigenvalue weighted by Gasteiger charge is -2.37. The number of fused-ring (bicyclic) bond motifs is 1. The monoisotopic (exact) mass is 515 g/mol. The molecule has 0 fully saturated rings. The third-order valence-corrected chi connectivity index (χ3v) is 6.11. The molecule has 1 aromatic heterocycles. The Balaban J connectivity index is 1.52. The van der Waals surface area contributed by atoms with Crippen LogP contribution >= 0.6 is 22.6 Å². The maximum absolute atomic E-state index is 12.3. The molecule has 2 heterocycles. The van der Waals surface area contributed by atoms with Crippen LogP contribution in [0.4, 0.5) is 10.5 Å². The molecule has 0 saturated heterocycles. The number of H-pyrrole nitrogens is 1. The van der Waals surface area contributed by atoms with Crippen LogP contribution in [0.25, 0.3) is 16.5 Å². The average Bonchev–Trinajstić information content (AvgIpc) is 3.10. The van der Waals surface area contributed by atoms with Crippen molar-refractivity contribution in [3.63, 3.8) is 0 Å². The zero-order chi connectivity index (χ0) is 21.3. The summed E-state index contributed by atoms with van der Waals surface area (Å²) in [5.41, 5.74) is 4.50. The first-order chi connectivity index (χ1) is 14.3. The molecular weight excluding hydrogens is 489 g/mol. The highest BCUT2D eigenvalue weighted by molar-refractivity contribution is 14.1. The second-order valence-corrected chi connectivity index (χ2v) is 9.78. The number of aromatic amines is 1. The normalized spacial score (nSPS) is 15.1. The fourth-order valence-electron chi connectivity index (χ4n) is 3.77. The number of amides is 1. The number of hydrogen-bond acceptors (Lipinski definition) is 3. The summed E-state index contributed by atoms with van der Waals surface area (Å²) < 4.78 is 6.42. The quantitative estimate of drug-likeness (QED) is 0.405. The van der Waals surface area contributed by atoms with E-state index in [1.54, 1.807) is 6.07 Å². The van der Waals surface area contributed by atoms with Crippen molar-refractivity contribution in [2.24, 2.45) is 0 Å². The number of carbonyl (C=O) groups excluding carboxylic acids is 1. The van der Waals surface area contributed by atoms with Crippen LogP contribution in [0.3, 0.4) is 0 Å². The highest BCUT2D eigenvalue weighted by Gasteiger charge is 2.24. The summed E-state index contributed by atoms with van der Waals surface area (Å²) in [7, 11) is 0. The second kappa shape index (κ2) is 8.43. The summed E-state index contributed by atoms with van der Waals surface area (Å²) in [6, 6.07) is 13.3. The smallest absolute Gasteiger partial charge is 0.410 e. The van der Waals surface area contributed by atoms with E-state index in [9.17, 15) is 4.79 Å². The van der Waals surface area contributed by atoms with E-state index < -0.39 is 6.09 Å². The van der Waals surface area contributed by atoms with Gasteiger partial charge in [-0.2, -0.15) is 0 Å². The van der Waals surface area contributed by atoms with Crippen molar-refractivity contribution in [1.82, 2.24) is 9.88 Å². The predicted octanol–water partition coefficient (Wildman–Crippen LogP) is 6.27. The molecule has 1 aliphatic heterocycles. The van der Waals surface area contributed by atoms with Crippen LogP contribution in [-0.2, 0) is 0 Å². The van der Waals surface area contributed by atoms with E-state index in [1.807, 2.05) is 36.4 Å². The Morgan fingerprint density at radius 2 is 2.03 bits per heavy atom. The molecular formula is C24H26IN3O2. The number of nitrogens with zero attached hydrogens (tertiary/aromatic N) is 1. The van der Waals surface area contributed by atoms with E-state index in [0.29, 0.717) is 11.4 Å². The first kappa shape index (κ1) is 20.9. The van der Waals surface area contributed by atoms with Crippen LogP contribution in [0.1, 0.15) is 32.8 Å². The minimum atomic E-state index is -0.494. The number of anilines is 1. The molecule has 0 spiro atoms. The SMILES string of the molecule is CC(C)(C)N1CC=C(c2c[nH]c3ccc(NC(=O)Oc4cccc(I)c4)cc23)CC1. The molecule has 1 amide bonds. The zero-order valence-electron chi connectivity index (χ0n) is 17.5. The van der Waals surface area contributed by atoms with Gasteiger partial charge in [0.05, 0.1) is 0 Å². The molecule has 2 aromatic carbocycles. The van der Waals surface area contributed by atoms with Crippen molar-refractivity contribution < 1.29 is 9.53 Å². The van der Waals surface area contributed by atoms with E-state index in [4.69, 9.17) is 4.74 Å². The third-order valence-electron chi connectivity index (χ3n) is 5.44. The summed E-state index contributed by atoms with van der Waals surface area (Å²) in [4.78, 5) is 18.2. The maximum atomic E-state index is 12.3. The van der Waals surface area contributed by atoms with Crippen molar-refractivity contribution in [2.75, 3.05) is 18.4 Å². The minimum absolute atomic E-state index is 0.177. The van der Waals surface area contributed by atoms with Crippen molar-refractivity contribution >= 4 is 50.8 Å². The third kappa shape index (κ3) is 4.70. The Morgan fingerprint density at radius 1 is 1.20 bits per heavy atom. The van der Waals surface area contributed by atoms with Crippen LogP contribution in [0.15, 0.2) is 54.7 Å². The van der Waals surface area contributed by atoms with Gasteiger partial charge in [0.2, 0.25) is 0 Å². The average molecular weight is 515 g/mol. The van der Waals surface area contributed by atoms with E-state index in [0.717, 1.165) is 34.0 Å². The van der Waals surface area contributed by atoms with E-state index in [-0.39, 0.29) is 5.54 Å². The van der Waals surface area contributed by atoms with E-state index in [1.165, 1.54) is 11.1 Å². The van der Waals surface area contributed by atoms with Crippen molar-refractivity contribution in [3.8, 4) is 5.75 Å². The molecule has 0 radical (unpaired) electrons. The number of hydrogen-bond donors (Lipinski definition) is 2. The van der Waals surface area contributed by atoms with Crippen LogP contribution in [0.2, 0.25) is 0 Å². The van der Waals surface area contributed by atoms with Gasteiger partial charge in [0, 0.05) is 50.5 Å². The largest absolute Gasteiger partial charge is 0.417 e. The molecule has 0 saturated carbocycles. The molecule has 0 atom stereocenters. The number of benzene rings is 2. The van der Waals surface area contributed by atoms with Gasteiger partial charge in [-0.15, -0.1) is 0 Å². The van der Waals surface area contributed by atoms with Gasteiger partial charge in [-0.3, -0.25) is 10.2 Å². The van der Waals surface area contributed by atoms with Gasteiger partial charge < -0.3 is 9.72 Å². The fraction of sp³-hybridized carbons (Fsp3) is 0.292. The Hall–Kier alpha value is -2.32. The van der Waals surface area contributed by atoms with E-state index in [2.05, 4.69) is 70.8 Å². The number of halogens is 1. The highest BCUT2D eigenvalue weighted by Crippen LogP contribution is 2.32. The summed E-state index contributed by atoms with van der Waals surface area (Å²) >= 11 is 2.19.